The molecule has 0 aromatic carbocycles. The van der Waals surface area contributed by atoms with Crippen molar-refractivity contribution < 1.29 is 8.42 Å². The zero-order chi connectivity index (χ0) is 16.7. The van der Waals surface area contributed by atoms with E-state index in [1.54, 1.807) is 7.05 Å². The first kappa shape index (κ1) is 22.0. The molecule has 142 valence electrons. The molecule has 2 unspecified atom stereocenters. The van der Waals surface area contributed by atoms with E-state index in [-0.39, 0.29) is 41.5 Å². The van der Waals surface area contributed by atoms with Crippen molar-refractivity contribution in [3.63, 3.8) is 0 Å². The van der Waals surface area contributed by atoms with E-state index in [2.05, 4.69) is 27.4 Å². The van der Waals surface area contributed by atoms with Crippen molar-refractivity contribution in [2.24, 2.45) is 4.99 Å². The smallest absolute Gasteiger partial charge is 0.191 e. The van der Waals surface area contributed by atoms with Crippen molar-refractivity contribution >= 4 is 39.8 Å². The number of hydrogen-bond donors (Lipinski definition) is 2. The second-order valence-electron chi connectivity index (χ2n) is 6.74. The van der Waals surface area contributed by atoms with Crippen LogP contribution in [-0.2, 0) is 9.84 Å². The van der Waals surface area contributed by atoms with E-state index < -0.39 is 9.84 Å². The lowest BCUT2D eigenvalue weighted by atomic mass is 10.0. The van der Waals surface area contributed by atoms with Gasteiger partial charge in [-0.25, -0.2) is 8.42 Å². The van der Waals surface area contributed by atoms with Gasteiger partial charge in [-0.15, -0.1) is 24.0 Å². The van der Waals surface area contributed by atoms with Crippen LogP contribution >= 0.6 is 24.0 Å². The van der Waals surface area contributed by atoms with Crippen LogP contribution in [0.15, 0.2) is 4.99 Å². The van der Waals surface area contributed by atoms with Gasteiger partial charge >= 0.3 is 0 Å². The van der Waals surface area contributed by atoms with Gasteiger partial charge in [-0.3, -0.25) is 9.89 Å². The minimum absolute atomic E-state index is 0. The lowest BCUT2D eigenvalue weighted by Gasteiger charge is -2.36. The Balaban J connectivity index is 0.00000288. The quantitative estimate of drug-likeness (QED) is 0.349. The number of halogens is 1. The van der Waals surface area contributed by atoms with Gasteiger partial charge in [-0.2, -0.15) is 0 Å². The maximum atomic E-state index is 11.6. The number of unbranched alkanes of at least 4 members (excludes halogenated alkanes) is 1. The highest BCUT2D eigenvalue weighted by Crippen LogP contribution is 2.17. The molecule has 2 aliphatic rings. The van der Waals surface area contributed by atoms with Crippen LogP contribution in [0.4, 0.5) is 0 Å². The van der Waals surface area contributed by atoms with Gasteiger partial charge in [-0.1, -0.05) is 19.8 Å². The first-order valence-electron chi connectivity index (χ1n) is 8.95. The summed E-state index contributed by atoms with van der Waals surface area (Å²) in [6, 6.07) is 0.551. The van der Waals surface area contributed by atoms with Crippen LogP contribution in [0, 0.1) is 0 Å². The summed E-state index contributed by atoms with van der Waals surface area (Å²) in [7, 11) is -1.11. The Bertz CT molecular complexity index is 498. The number of sulfone groups is 1. The molecule has 6 nitrogen and oxygen atoms in total. The van der Waals surface area contributed by atoms with E-state index in [4.69, 9.17) is 0 Å². The van der Waals surface area contributed by atoms with E-state index >= 15 is 0 Å². The maximum absolute atomic E-state index is 11.6. The van der Waals surface area contributed by atoms with Crippen LogP contribution in [0.3, 0.4) is 0 Å². The molecule has 8 heteroatoms. The van der Waals surface area contributed by atoms with Crippen LogP contribution in [0.5, 0.6) is 0 Å². The Morgan fingerprint density at radius 1 is 1.29 bits per heavy atom. The Morgan fingerprint density at radius 3 is 2.71 bits per heavy atom. The van der Waals surface area contributed by atoms with Crippen molar-refractivity contribution in [3.8, 4) is 0 Å². The van der Waals surface area contributed by atoms with Crippen LogP contribution in [0.1, 0.15) is 45.4 Å². The first-order chi connectivity index (χ1) is 11.0. The van der Waals surface area contributed by atoms with E-state index in [9.17, 15) is 8.42 Å². The molecule has 0 aromatic rings. The molecule has 0 aliphatic carbocycles. The molecular weight excluding hydrogens is 439 g/mol. The summed E-state index contributed by atoms with van der Waals surface area (Å²) in [6.45, 7) is 5.48. The highest BCUT2D eigenvalue weighted by atomic mass is 127. The maximum Gasteiger partial charge on any atom is 0.191 e. The molecular formula is C16H33IN4O2S. The van der Waals surface area contributed by atoms with Gasteiger partial charge in [0, 0.05) is 25.7 Å². The number of likely N-dealkylation sites (tertiary alicyclic amines) is 1. The highest BCUT2D eigenvalue weighted by Gasteiger charge is 2.28. The molecule has 2 atom stereocenters. The van der Waals surface area contributed by atoms with Crippen molar-refractivity contribution in [1.29, 1.82) is 0 Å². The van der Waals surface area contributed by atoms with E-state index in [1.165, 1.54) is 45.2 Å². The summed E-state index contributed by atoms with van der Waals surface area (Å²) in [5.41, 5.74) is 0. The molecule has 24 heavy (non-hydrogen) atoms. The number of aliphatic imine (C=N–C) groups is 1. The molecule has 2 N–H and O–H groups in total. The van der Waals surface area contributed by atoms with Crippen LogP contribution in [-0.4, -0.2) is 69.5 Å². The zero-order valence-electron chi connectivity index (χ0n) is 15.0. The molecule has 0 saturated carbocycles. The Kier molecular flexibility index (Phi) is 9.88. The van der Waals surface area contributed by atoms with Gasteiger partial charge < -0.3 is 10.6 Å². The van der Waals surface area contributed by atoms with Gasteiger partial charge in [0.1, 0.15) is 0 Å². The SMILES string of the molecule is CCCCN1CCCCC1CNC(=NC)NC1CCS(=O)(=O)C1.I. The van der Waals surface area contributed by atoms with E-state index in [0.717, 1.165) is 12.5 Å². The summed E-state index contributed by atoms with van der Waals surface area (Å²) < 4.78 is 23.1. The third kappa shape index (κ3) is 7.03. The summed E-state index contributed by atoms with van der Waals surface area (Å²) in [6.07, 6.45) is 6.98. The van der Waals surface area contributed by atoms with Gasteiger partial charge in [0.25, 0.3) is 0 Å². The molecule has 2 fully saturated rings. The topological polar surface area (TPSA) is 73.8 Å². The Labute approximate surface area is 164 Å². The number of hydrogen-bond acceptors (Lipinski definition) is 4. The van der Waals surface area contributed by atoms with Gasteiger partial charge in [-0.05, 0) is 38.8 Å². The Hall–Kier alpha value is -0.0900. The number of rotatable bonds is 6. The fourth-order valence-corrected chi connectivity index (χ4v) is 5.13. The minimum atomic E-state index is -2.86. The van der Waals surface area contributed by atoms with Crippen LogP contribution in [0.2, 0.25) is 0 Å². The second-order valence-corrected chi connectivity index (χ2v) is 8.97. The third-order valence-electron chi connectivity index (χ3n) is 4.85. The summed E-state index contributed by atoms with van der Waals surface area (Å²) >= 11 is 0. The summed E-state index contributed by atoms with van der Waals surface area (Å²) in [5, 5.41) is 6.66. The van der Waals surface area contributed by atoms with Crippen molar-refractivity contribution in [2.75, 3.05) is 38.2 Å². The lowest BCUT2D eigenvalue weighted by molar-refractivity contribution is 0.147. The number of guanidine groups is 1. The number of piperidine rings is 1. The molecule has 2 rings (SSSR count). The molecule has 0 aromatic heterocycles. The largest absolute Gasteiger partial charge is 0.355 e. The summed E-state index contributed by atoms with van der Waals surface area (Å²) in [5.74, 6) is 1.24. The number of nitrogens with one attached hydrogen (secondary N) is 2. The van der Waals surface area contributed by atoms with Crippen LogP contribution < -0.4 is 10.6 Å². The molecule has 2 saturated heterocycles. The molecule has 0 amide bonds. The molecule has 0 spiro atoms. The average molecular weight is 472 g/mol. The van der Waals surface area contributed by atoms with Crippen LogP contribution in [0.25, 0.3) is 0 Å². The van der Waals surface area contributed by atoms with Crippen molar-refractivity contribution in [2.45, 2.75) is 57.5 Å². The fraction of sp³-hybridized carbons (Fsp3) is 0.938. The van der Waals surface area contributed by atoms with E-state index in [1.807, 2.05) is 0 Å². The molecule has 2 heterocycles. The van der Waals surface area contributed by atoms with Crippen molar-refractivity contribution in [3.05, 3.63) is 0 Å². The highest BCUT2D eigenvalue weighted by molar-refractivity contribution is 14.0. The lowest BCUT2D eigenvalue weighted by Crippen LogP contribution is -2.51. The standard InChI is InChI=1S/C16H32N4O2S.HI/c1-3-4-9-20-10-6-5-7-15(20)12-18-16(17-2)19-14-8-11-23(21,22)13-14;/h14-15H,3-13H2,1-2H3,(H2,17,18,19);1H. The molecule has 0 radical (unpaired) electrons. The predicted molar refractivity (Wildman–Crippen MR) is 111 cm³/mol. The van der Waals surface area contributed by atoms with Gasteiger partial charge in [0.2, 0.25) is 0 Å². The van der Waals surface area contributed by atoms with Gasteiger partial charge in [0.05, 0.1) is 11.5 Å². The average Bonchev–Trinajstić information content (AvgIpc) is 2.89. The van der Waals surface area contributed by atoms with Crippen molar-refractivity contribution in [1.82, 2.24) is 15.5 Å². The second kappa shape index (κ2) is 10.8. The summed E-state index contributed by atoms with van der Waals surface area (Å²) in [4.78, 5) is 6.84. The minimum Gasteiger partial charge on any atom is -0.355 e. The van der Waals surface area contributed by atoms with Gasteiger partial charge in [0.15, 0.2) is 15.8 Å². The molecule has 2 aliphatic heterocycles. The molecule has 0 bridgehead atoms. The Morgan fingerprint density at radius 2 is 2.08 bits per heavy atom. The van der Waals surface area contributed by atoms with E-state index in [0.29, 0.717) is 12.5 Å². The fourth-order valence-electron chi connectivity index (χ4n) is 3.46. The number of nitrogens with zero attached hydrogens (tertiary/aromatic N) is 2. The third-order valence-corrected chi connectivity index (χ3v) is 6.62. The zero-order valence-corrected chi connectivity index (χ0v) is 18.1. The predicted octanol–water partition coefficient (Wildman–Crippen LogP) is 1.61. The monoisotopic (exact) mass is 472 g/mol. The first-order valence-corrected chi connectivity index (χ1v) is 10.8. The normalized spacial score (nSPS) is 27.5.